The van der Waals surface area contributed by atoms with Crippen LogP contribution in [0.2, 0.25) is 0 Å². The van der Waals surface area contributed by atoms with Gasteiger partial charge in [-0.25, -0.2) is 9.97 Å². The maximum absolute atomic E-state index is 12.7. The fourth-order valence-electron chi connectivity index (χ4n) is 3.09. The number of aryl methyl sites for hydroxylation is 1. The lowest BCUT2D eigenvalue weighted by molar-refractivity contribution is 0.341. The largest absolute Gasteiger partial charge is 0.384 e. The number of pyridine rings is 1. The van der Waals surface area contributed by atoms with Gasteiger partial charge < -0.3 is 10.3 Å². The van der Waals surface area contributed by atoms with Crippen LogP contribution in [0.4, 0.5) is 11.6 Å². The summed E-state index contributed by atoms with van der Waals surface area (Å²) in [7, 11) is -3.74. The van der Waals surface area contributed by atoms with Gasteiger partial charge in [0.05, 0.1) is 17.6 Å². The van der Waals surface area contributed by atoms with E-state index in [-0.39, 0.29) is 18.2 Å². The van der Waals surface area contributed by atoms with E-state index in [1.807, 2.05) is 31.2 Å². The summed E-state index contributed by atoms with van der Waals surface area (Å²) in [6.07, 6.45) is 0. The molecule has 2 aromatic heterocycles. The molecular weight excluding hydrogens is 340 g/mol. The third-order valence-corrected chi connectivity index (χ3v) is 5.65. The van der Waals surface area contributed by atoms with Gasteiger partial charge in [0, 0.05) is 13.1 Å². The van der Waals surface area contributed by atoms with Crippen molar-refractivity contribution in [2.75, 3.05) is 17.0 Å². The lowest BCUT2D eigenvalue weighted by Gasteiger charge is -2.27. The Morgan fingerprint density at radius 2 is 1.96 bits per heavy atom. The maximum Gasteiger partial charge on any atom is 0.303 e. The molecule has 1 aliphatic rings. The number of nitrogens with one attached hydrogen (secondary N) is 1. The molecule has 0 spiro atoms. The molecule has 1 aliphatic heterocycles. The number of aromatic nitrogens is 3. The highest BCUT2D eigenvalue weighted by Crippen LogP contribution is 2.23. The van der Waals surface area contributed by atoms with Gasteiger partial charge in [-0.15, -0.1) is 0 Å². The first-order valence-electron chi connectivity index (χ1n) is 7.88. The summed E-state index contributed by atoms with van der Waals surface area (Å²) in [6, 6.07) is 11.1. The number of rotatable bonds is 3. The second kappa shape index (κ2) is 5.71. The molecule has 0 bridgehead atoms. The van der Waals surface area contributed by atoms with Crippen LogP contribution < -0.4 is 10.5 Å². The minimum atomic E-state index is -3.74. The molecular formula is C16H18N6O2S. The van der Waals surface area contributed by atoms with Gasteiger partial charge in [-0.05, 0) is 36.8 Å². The van der Waals surface area contributed by atoms with Crippen LogP contribution in [0, 0.1) is 6.92 Å². The van der Waals surface area contributed by atoms with Crippen LogP contribution >= 0.6 is 0 Å². The van der Waals surface area contributed by atoms with Crippen LogP contribution in [0.3, 0.4) is 0 Å². The van der Waals surface area contributed by atoms with Gasteiger partial charge in [0.25, 0.3) is 0 Å². The Labute approximate surface area is 145 Å². The molecule has 0 amide bonds. The number of imidazole rings is 1. The molecule has 0 aliphatic carbocycles. The van der Waals surface area contributed by atoms with Crippen molar-refractivity contribution < 1.29 is 8.42 Å². The highest BCUT2D eigenvalue weighted by atomic mass is 32.2. The fourth-order valence-corrected chi connectivity index (χ4v) is 4.20. The summed E-state index contributed by atoms with van der Waals surface area (Å²) in [5.41, 5.74) is 8.43. The van der Waals surface area contributed by atoms with Crippen LogP contribution in [0.1, 0.15) is 11.4 Å². The molecule has 3 N–H and O–H groups in total. The smallest absolute Gasteiger partial charge is 0.303 e. The molecule has 4 rings (SSSR count). The van der Waals surface area contributed by atoms with Crippen molar-refractivity contribution in [1.29, 1.82) is 0 Å². The topological polar surface area (TPSA) is 106 Å². The first kappa shape index (κ1) is 15.9. The molecule has 25 heavy (non-hydrogen) atoms. The molecule has 0 unspecified atom stereocenters. The Bertz CT molecular complexity index is 1040. The quantitative estimate of drug-likeness (QED) is 0.738. The zero-order chi connectivity index (χ0) is 17.6. The van der Waals surface area contributed by atoms with Crippen molar-refractivity contribution in [1.82, 2.24) is 18.8 Å². The van der Waals surface area contributed by atoms with E-state index in [0.29, 0.717) is 13.1 Å². The van der Waals surface area contributed by atoms with E-state index in [0.717, 1.165) is 22.4 Å². The fraction of sp³-hybridized carbons (Fsp3) is 0.250. The minimum absolute atomic E-state index is 0.214. The Hall–Kier alpha value is -2.65. The van der Waals surface area contributed by atoms with E-state index in [2.05, 4.69) is 19.3 Å². The number of fused-ring (bicyclic) bond motifs is 3. The van der Waals surface area contributed by atoms with Gasteiger partial charge in [0.2, 0.25) is 0 Å². The summed E-state index contributed by atoms with van der Waals surface area (Å²) >= 11 is 0. The molecule has 8 nitrogen and oxygen atoms in total. The van der Waals surface area contributed by atoms with Gasteiger partial charge in [0.15, 0.2) is 0 Å². The first-order valence-corrected chi connectivity index (χ1v) is 9.32. The second-order valence-corrected chi connectivity index (χ2v) is 7.73. The van der Waals surface area contributed by atoms with E-state index in [9.17, 15) is 8.42 Å². The summed E-state index contributed by atoms with van der Waals surface area (Å²) in [6.45, 7) is 2.97. The van der Waals surface area contributed by atoms with Crippen LogP contribution in [0.5, 0.6) is 0 Å². The van der Waals surface area contributed by atoms with Crippen molar-refractivity contribution >= 4 is 32.9 Å². The van der Waals surface area contributed by atoms with E-state index in [4.69, 9.17) is 5.73 Å². The summed E-state index contributed by atoms with van der Waals surface area (Å²) in [5.74, 6) is 1.23. The van der Waals surface area contributed by atoms with Crippen LogP contribution in [0.25, 0.3) is 11.0 Å². The predicted molar refractivity (Wildman–Crippen MR) is 96.1 cm³/mol. The first-order chi connectivity index (χ1) is 11.9. The highest BCUT2D eigenvalue weighted by Gasteiger charge is 2.29. The highest BCUT2D eigenvalue weighted by molar-refractivity contribution is 7.90. The number of hydrogen-bond donors (Lipinski definition) is 2. The average Bonchev–Trinajstić information content (AvgIpc) is 2.91. The Morgan fingerprint density at radius 1 is 1.16 bits per heavy atom. The van der Waals surface area contributed by atoms with Gasteiger partial charge in [-0.1, -0.05) is 12.1 Å². The standard InChI is InChI=1S/C16H18N6O2S/c1-11-8-14(17)19-15(9-11)20-25(23,24)21-6-7-22-13-5-3-2-4-12(13)18-16(22)10-21/h2-5,8-9H,6-7,10H2,1H3,(H3,17,19,20). The lowest BCUT2D eigenvalue weighted by atomic mass is 10.3. The number of nitrogen functional groups attached to an aromatic ring is 1. The number of nitrogens with zero attached hydrogens (tertiary/aromatic N) is 4. The van der Waals surface area contributed by atoms with E-state index < -0.39 is 10.2 Å². The van der Waals surface area contributed by atoms with Crippen molar-refractivity contribution in [2.45, 2.75) is 20.0 Å². The lowest BCUT2D eigenvalue weighted by Crippen LogP contribution is -2.41. The number of benzene rings is 1. The Balaban J connectivity index is 1.61. The molecule has 0 fully saturated rings. The van der Waals surface area contributed by atoms with Gasteiger partial charge in [0.1, 0.15) is 17.5 Å². The van der Waals surface area contributed by atoms with Gasteiger partial charge >= 0.3 is 10.2 Å². The van der Waals surface area contributed by atoms with E-state index in [1.54, 1.807) is 12.1 Å². The SMILES string of the molecule is Cc1cc(N)nc(NS(=O)(=O)N2CCn3c(nc4ccccc43)C2)c1. The molecule has 3 aromatic rings. The summed E-state index contributed by atoms with van der Waals surface area (Å²) in [4.78, 5) is 8.58. The van der Waals surface area contributed by atoms with Crippen molar-refractivity contribution in [3.8, 4) is 0 Å². The van der Waals surface area contributed by atoms with Crippen LogP contribution in [0.15, 0.2) is 36.4 Å². The van der Waals surface area contributed by atoms with Crippen molar-refractivity contribution in [3.63, 3.8) is 0 Å². The van der Waals surface area contributed by atoms with Crippen LogP contribution in [-0.2, 0) is 23.3 Å². The summed E-state index contributed by atoms with van der Waals surface area (Å²) in [5, 5.41) is 0. The number of anilines is 2. The molecule has 3 heterocycles. The minimum Gasteiger partial charge on any atom is -0.384 e. The van der Waals surface area contributed by atoms with E-state index in [1.165, 1.54) is 4.31 Å². The van der Waals surface area contributed by atoms with Crippen molar-refractivity contribution in [2.24, 2.45) is 0 Å². The third-order valence-electron chi connectivity index (χ3n) is 4.19. The maximum atomic E-state index is 12.7. The molecule has 130 valence electrons. The number of para-hydroxylation sites is 2. The predicted octanol–water partition coefficient (Wildman–Crippen LogP) is 1.49. The van der Waals surface area contributed by atoms with Crippen LogP contribution in [-0.4, -0.2) is 33.8 Å². The molecule has 0 atom stereocenters. The number of nitrogens with two attached hydrogens (primary N) is 1. The number of hydrogen-bond acceptors (Lipinski definition) is 5. The molecule has 0 saturated heterocycles. The zero-order valence-corrected chi connectivity index (χ0v) is 14.5. The monoisotopic (exact) mass is 358 g/mol. The molecule has 1 aromatic carbocycles. The molecule has 0 radical (unpaired) electrons. The summed E-state index contributed by atoms with van der Waals surface area (Å²) < 4.78 is 31.3. The average molecular weight is 358 g/mol. The van der Waals surface area contributed by atoms with Gasteiger partial charge in [-0.3, -0.25) is 4.72 Å². The van der Waals surface area contributed by atoms with Gasteiger partial charge in [-0.2, -0.15) is 12.7 Å². The molecule has 0 saturated carbocycles. The Morgan fingerprint density at radius 3 is 2.76 bits per heavy atom. The second-order valence-electron chi connectivity index (χ2n) is 6.06. The Kier molecular flexibility index (Phi) is 3.62. The zero-order valence-electron chi connectivity index (χ0n) is 13.7. The van der Waals surface area contributed by atoms with Crippen molar-refractivity contribution in [3.05, 3.63) is 47.8 Å². The third kappa shape index (κ3) is 2.92. The molecule has 9 heteroatoms. The normalized spacial score (nSPS) is 15.2. The van der Waals surface area contributed by atoms with E-state index >= 15 is 0 Å².